The average Bonchev–Trinajstić information content (AvgIpc) is 3.65. The van der Waals surface area contributed by atoms with Crippen molar-refractivity contribution in [1.82, 2.24) is 15.2 Å². The molecule has 3 N–H and O–H groups in total. The summed E-state index contributed by atoms with van der Waals surface area (Å²) in [5.41, 5.74) is 0.562. The van der Waals surface area contributed by atoms with Crippen molar-refractivity contribution in [3.8, 4) is 0 Å². The van der Waals surface area contributed by atoms with Crippen molar-refractivity contribution in [1.29, 1.82) is 0 Å². The zero-order valence-corrected chi connectivity index (χ0v) is 28.9. The number of hydrogen-bond acceptors (Lipinski definition) is 9. The SMILES string of the molecule is CCC(C=O)CCCC(CF)NC(=O)OC(C)(C)C.CN1CCC(C2CCCCC2)C1C=O.CNc1cnc2oc(C(=O)O)cc2c1. The van der Waals surface area contributed by atoms with Crippen LogP contribution >= 0.6 is 0 Å². The quantitative estimate of drug-likeness (QED) is 0.205. The fourth-order valence-corrected chi connectivity index (χ4v) is 6.11. The molecule has 4 atom stereocenters. The molecule has 0 aromatic carbocycles. The molecule has 0 spiro atoms. The van der Waals surface area contributed by atoms with E-state index in [9.17, 15) is 23.6 Å². The second-order valence-corrected chi connectivity index (χ2v) is 13.5. The number of alkyl halides is 1. The van der Waals surface area contributed by atoms with Crippen LogP contribution in [0.3, 0.4) is 0 Å². The highest BCUT2D eigenvalue weighted by Crippen LogP contribution is 2.37. The number of rotatable bonds is 12. The van der Waals surface area contributed by atoms with Gasteiger partial charge in [0.25, 0.3) is 0 Å². The highest BCUT2D eigenvalue weighted by atomic mass is 19.1. The van der Waals surface area contributed by atoms with E-state index in [2.05, 4.69) is 27.6 Å². The van der Waals surface area contributed by atoms with Gasteiger partial charge in [-0.05, 0) is 77.9 Å². The molecule has 1 amide bonds. The highest BCUT2D eigenvalue weighted by molar-refractivity contribution is 5.91. The number of pyridine rings is 1. The maximum atomic E-state index is 12.8. The van der Waals surface area contributed by atoms with E-state index in [1.54, 1.807) is 40.1 Å². The molecule has 1 aliphatic heterocycles. The van der Waals surface area contributed by atoms with Gasteiger partial charge < -0.3 is 34.5 Å². The lowest BCUT2D eigenvalue weighted by molar-refractivity contribution is -0.113. The Morgan fingerprint density at radius 3 is 2.43 bits per heavy atom. The van der Waals surface area contributed by atoms with Crippen molar-refractivity contribution in [2.24, 2.45) is 17.8 Å². The van der Waals surface area contributed by atoms with Gasteiger partial charge in [-0.25, -0.2) is 19.0 Å². The first-order valence-corrected chi connectivity index (χ1v) is 16.8. The molecule has 2 fully saturated rings. The first kappa shape index (κ1) is 39.6. The lowest BCUT2D eigenvalue weighted by Gasteiger charge is -2.30. The van der Waals surface area contributed by atoms with Crippen LogP contribution in [-0.2, 0) is 14.3 Å². The minimum atomic E-state index is -1.09. The van der Waals surface area contributed by atoms with Gasteiger partial charge >= 0.3 is 12.1 Å². The summed E-state index contributed by atoms with van der Waals surface area (Å²) >= 11 is 0. The van der Waals surface area contributed by atoms with Gasteiger partial charge in [0.15, 0.2) is 0 Å². The highest BCUT2D eigenvalue weighted by Gasteiger charge is 2.37. The zero-order valence-electron chi connectivity index (χ0n) is 28.9. The summed E-state index contributed by atoms with van der Waals surface area (Å²) in [4.78, 5) is 49.9. The average molecular weight is 663 g/mol. The molecule has 0 radical (unpaired) electrons. The first-order chi connectivity index (χ1) is 22.3. The van der Waals surface area contributed by atoms with Crippen LogP contribution in [0, 0.1) is 17.8 Å². The Balaban J connectivity index is 0.000000248. The van der Waals surface area contributed by atoms with Crippen molar-refractivity contribution in [3.05, 3.63) is 24.1 Å². The topological polar surface area (TPSA) is 151 Å². The number of likely N-dealkylation sites (N-methyl/N-ethyl adjacent to an activating group) is 1. The molecule has 2 aromatic rings. The van der Waals surface area contributed by atoms with Gasteiger partial charge in [-0.2, -0.15) is 0 Å². The van der Waals surface area contributed by atoms with Gasteiger partial charge in [0.1, 0.15) is 24.8 Å². The summed E-state index contributed by atoms with van der Waals surface area (Å²) in [6, 6.07) is 2.90. The molecule has 3 heterocycles. The Hall–Kier alpha value is -3.54. The summed E-state index contributed by atoms with van der Waals surface area (Å²) < 4.78 is 22.9. The van der Waals surface area contributed by atoms with Crippen LogP contribution in [0.5, 0.6) is 0 Å². The van der Waals surface area contributed by atoms with Crippen LogP contribution in [0.1, 0.15) is 102 Å². The van der Waals surface area contributed by atoms with Crippen molar-refractivity contribution in [3.63, 3.8) is 0 Å². The van der Waals surface area contributed by atoms with Crippen LogP contribution in [0.4, 0.5) is 14.9 Å². The fraction of sp³-hybridized carbons (Fsp3) is 0.686. The Morgan fingerprint density at radius 2 is 1.87 bits per heavy atom. The minimum Gasteiger partial charge on any atom is -0.475 e. The minimum absolute atomic E-state index is 0.0294. The summed E-state index contributed by atoms with van der Waals surface area (Å²) in [7, 11) is 3.85. The van der Waals surface area contributed by atoms with E-state index in [0.29, 0.717) is 29.9 Å². The van der Waals surface area contributed by atoms with E-state index in [1.165, 1.54) is 50.9 Å². The maximum Gasteiger partial charge on any atom is 0.407 e. The number of nitrogens with one attached hydrogen (secondary N) is 2. The predicted octanol–water partition coefficient (Wildman–Crippen LogP) is 6.90. The smallest absolute Gasteiger partial charge is 0.407 e. The molecular formula is C35H55FN4O7. The van der Waals surface area contributed by atoms with E-state index in [-0.39, 0.29) is 17.7 Å². The number of aldehydes is 2. The molecule has 12 heteroatoms. The number of alkyl carbamates (subject to hydrolysis) is 1. The van der Waals surface area contributed by atoms with E-state index in [1.807, 2.05) is 6.92 Å². The van der Waals surface area contributed by atoms with Gasteiger partial charge in [-0.1, -0.05) is 45.4 Å². The molecule has 2 aromatic heterocycles. The molecule has 1 saturated carbocycles. The second kappa shape index (κ2) is 20.0. The third-order valence-corrected chi connectivity index (χ3v) is 8.78. The number of carbonyl (C=O) groups excluding carboxylic acids is 3. The molecule has 4 unspecified atom stereocenters. The van der Waals surface area contributed by atoms with E-state index < -0.39 is 30.4 Å². The van der Waals surface area contributed by atoms with Crippen LogP contribution in [-0.4, -0.2) is 84.6 Å². The number of aromatic nitrogens is 1. The molecule has 2 aliphatic rings. The van der Waals surface area contributed by atoms with Crippen LogP contribution in [0.15, 0.2) is 22.7 Å². The van der Waals surface area contributed by atoms with Crippen molar-refractivity contribution in [2.45, 2.75) is 110 Å². The number of furan rings is 1. The molecule has 47 heavy (non-hydrogen) atoms. The van der Waals surface area contributed by atoms with Crippen LogP contribution < -0.4 is 10.6 Å². The Labute approximate surface area is 278 Å². The fourth-order valence-electron chi connectivity index (χ4n) is 6.11. The van der Waals surface area contributed by atoms with Gasteiger partial charge in [0.2, 0.25) is 11.5 Å². The molecular weight excluding hydrogens is 607 g/mol. The summed E-state index contributed by atoms with van der Waals surface area (Å²) in [5.74, 6) is 0.346. The molecule has 1 saturated heterocycles. The lowest BCUT2D eigenvalue weighted by atomic mass is 9.77. The first-order valence-electron chi connectivity index (χ1n) is 16.8. The van der Waals surface area contributed by atoms with Crippen LogP contribution in [0.2, 0.25) is 0 Å². The predicted molar refractivity (Wildman–Crippen MR) is 181 cm³/mol. The van der Waals surface area contributed by atoms with Gasteiger partial charge in [0, 0.05) is 24.4 Å². The number of carboxylic acids is 1. The largest absolute Gasteiger partial charge is 0.475 e. The van der Waals surface area contributed by atoms with Gasteiger partial charge in [0.05, 0.1) is 24.0 Å². The standard InChI is InChI=1S/C14H26FNO3.C12H21NO.C9H8N2O3/c1-5-11(10-17)7-6-8-12(9-15)16-13(18)19-14(2,3)4;1-13-8-7-11(12(13)9-14)10-5-3-2-4-6-10;1-10-6-2-5-3-7(9(12)13)14-8(5)11-4-6/h10-12H,5-9H2,1-4H3,(H,16,18);9-12H,2-8H2,1H3;2-4,10H,1H3,(H,12,13). The lowest BCUT2D eigenvalue weighted by Crippen LogP contribution is -2.40. The zero-order chi connectivity index (χ0) is 35.0. The van der Waals surface area contributed by atoms with Gasteiger partial charge in [-0.15, -0.1) is 0 Å². The monoisotopic (exact) mass is 662 g/mol. The second-order valence-electron chi connectivity index (χ2n) is 13.5. The number of aromatic carboxylic acids is 1. The third kappa shape index (κ3) is 13.6. The number of ether oxygens (including phenoxy) is 1. The van der Waals surface area contributed by atoms with E-state index in [4.69, 9.17) is 14.3 Å². The van der Waals surface area contributed by atoms with Gasteiger partial charge in [-0.3, -0.25) is 4.90 Å². The summed E-state index contributed by atoms with van der Waals surface area (Å²) in [5, 5.41) is 14.8. The molecule has 264 valence electrons. The van der Waals surface area contributed by atoms with Crippen molar-refractivity contribution < 1.29 is 37.8 Å². The Morgan fingerprint density at radius 1 is 1.17 bits per heavy atom. The Bertz CT molecular complexity index is 1260. The number of halogens is 1. The number of anilines is 1. The normalized spacial score (nSPS) is 19.7. The number of fused-ring (bicyclic) bond motifs is 1. The number of hydrogen-bond donors (Lipinski definition) is 3. The number of nitrogens with zero attached hydrogens (tertiary/aromatic N) is 2. The maximum absolute atomic E-state index is 12.8. The Kier molecular flexibility index (Phi) is 16.8. The molecule has 4 rings (SSSR count). The van der Waals surface area contributed by atoms with Crippen molar-refractivity contribution >= 4 is 41.4 Å². The van der Waals surface area contributed by atoms with Crippen molar-refractivity contribution in [2.75, 3.05) is 32.6 Å². The molecule has 1 aliphatic carbocycles. The van der Waals surface area contributed by atoms with Crippen LogP contribution in [0.25, 0.3) is 11.1 Å². The third-order valence-electron chi connectivity index (χ3n) is 8.78. The number of carbonyl (C=O) groups is 4. The number of likely N-dealkylation sites (tertiary alicyclic amines) is 1. The summed E-state index contributed by atoms with van der Waals surface area (Å²) in [6.07, 6.45) is 14.0. The number of carboxylic acid groups (broad SMARTS) is 1. The molecule has 11 nitrogen and oxygen atoms in total. The summed E-state index contributed by atoms with van der Waals surface area (Å²) in [6.45, 7) is 7.71. The molecule has 0 bridgehead atoms. The van der Waals surface area contributed by atoms with E-state index in [0.717, 1.165) is 37.3 Å². The number of amides is 1. The van der Waals surface area contributed by atoms with E-state index >= 15 is 0 Å².